The highest BCUT2D eigenvalue weighted by atomic mass is 16.4. The van der Waals surface area contributed by atoms with Gasteiger partial charge in [0.25, 0.3) is 0 Å². The third-order valence-corrected chi connectivity index (χ3v) is 3.76. The van der Waals surface area contributed by atoms with Crippen LogP contribution >= 0.6 is 0 Å². The Balaban J connectivity index is 2.08. The molecule has 1 fully saturated rings. The number of benzene rings is 1. The molecule has 1 atom stereocenters. The molecule has 3 rings (SSSR count). The summed E-state index contributed by atoms with van der Waals surface area (Å²) in [4.78, 5) is 3.43. The molecule has 0 spiro atoms. The fraction of sp³-hybridized carbons (Fsp3) is 0.357. The summed E-state index contributed by atoms with van der Waals surface area (Å²) in [5.74, 6) is 0.497. The van der Waals surface area contributed by atoms with Crippen LogP contribution < -0.4 is 0 Å². The van der Waals surface area contributed by atoms with Crippen molar-refractivity contribution in [3.63, 3.8) is 0 Å². The van der Waals surface area contributed by atoms with Gasteiger partial charge in [0, 0.05) is 16.6 Å². The van der Waals surface area contributed by atoms with Crippen LogP contribution in [0.2, 0.25) is 0 Å². The summed E-state index contributed by atoms with van der Waals surface area (Å²) in [5.41, 5.74) is 4.78. The Morgan fingerprint density at radius 1 is 1.35 bits per heavy atom. The van der Waals surface area contributed by atoms with Crippen LogP contribution in [0.15, 0.2) is 29.4 Å². The Morgan fingerprint density at radius 2 is 2.18 bits per heavy atom. The van der Waals surface area contributed by atoms with E-state index in [1.54, 1.807) is 0 Å². The van der Waals surface area contributed by atoms with Gasteiger partial charge in [0.15, 0.2) is 0 Å². The average molecular weight is 228 g/mol. The minimum Gasteiger partial charge on any atom is -0.411 e. The summed E-state index contributed by atoms with van der Waals surface area (Å²) < 4.78 is 0. The van der Waals surface area contributed by atoms with Crippen molar-refractivity contribution in [2.75, 3.05) is 0 Å². The van der Waals surface area contributed by atoms with E-state index >= 15 is 0 Å². The highest BCUT2D eigenvalue weighted by molar-refractivity contribution is 5.90. The van der Waals surface area contributed by atoms with E-state index in [1.807, 2.05) is 0 Å². The maximum atomic E-state index is 8.84. The van der Waals surface area contributed by atoms with E-state index in [-0.39, 0.29) is 0 Å². The van der Waals surface area contributed by atoms with Crippen LogP contribution in [-0.4, -0.2) is 15.9 Å². The molecule has 1 aliphatic carbocycles. The quantitative estimate of drug-likeness (QED) is 0.569. The molecule has 0 amide bonds. The van der Waals surface area contributed by atoms with Gasteiger partial charge in [-0.2, -0.15) is 0 Å². The molecule has 0 saturated heterocycles. The lowest BCUT2D eigenvalue weighted by Crippen LogP contribution is -1.96. The van der Waals surface area contributed by atoms with Crippen molar-refractivity contribution in [3.05, 3.63) is 35.5 Å². The monoisotopic (exact) mass is 228 g/mol. The normalized spacial score (nSPS) is 22.6. The summed E-state index contributed by atoms with van der Waals surface area (Å²) in [6.45, 7) is 2.13. The van der Waals surface area contributed by atoms with E-state index < -0.39 is 0 Å². The number of oxime groups is 1. The molecule has 88 valence electrons. The molecule has 17 heavy (non-hydrogen) atoms. The van der Waals surface area contributed by atoms with Gasteiger partial charge in [-0.25, -0.2) is 0 Å². The standard InChI is InChI=1S/C14H16N2O/c1-9-14(10-6-7-11(8-10)16-17)12-4-2-3-5-13(12)15-9/h2-5,10,15,17H,6-8H2,1H3/b16-11+/t10-/m1/s1. The lowest BCUT2D eigenvalue weighted by molar-refractivity contribution is 0.317. The molecule has 0 bridgehead atoms. The second kappa shape index (κ2) is 3.91. The highest BCUT2D eigenvalue weighted by Gasteiger charge is 2.26. The van der Waals surface area contributed by atoms with Crippen LogP contribution in [0.5, 0.6) is 0 Å². The molecule has 3 nitrogen and oxygen atoms in total. The van der Waals surface area contributed by atoms with Gasteiger partial charge < -0.3 is 10.2 Å². The molecule has 1 aliphatic rings. The first-order valence-corrected chi connectivity index (χ1v) is 6.06. The Kier molecular flexibility index (Phi) is 2.39. The van der Waals surface area contributed by atoms with Gasteiger partial charge in [-0.05, 0) is 43.7 Å². The average Bonchev–Trinajstić information content (AvgIpc) is 2.91. The zero-order valence-corrected chi connectivity index (χ0v) is 9.90. The summed E-state index contributed by atoms with van der Waals surface area (Å²) in [7, 11) is 0. The number of nitrogens with zero attached hydrogens (tertiary/aromatic N) is 1. The number of H-pyrrole nitrogens is 1. The van der Waals surface area contributed by atoms with E-state index in [0.29, 0.717) is 5.92 Å². The first kappa shape index (κ1) is 10.4. The van der Waals surface area contributed by atoms with Crippen LogP contribution in [0.25, 0.3) is 10.9 Å². The van der Waals surface area contributed by atoms with Crippen molar-refractivity contribution in [2.45, 2.75) is 32.1 Å². The van der Waals surface area contributed by atoms with E-state index in [0.717, 1.165) is 25.0 Å². The topological polar surface area (TPSA) is 48.4 Å². The van der Waals surface area contributed by atoms with Crippen molar-refractivity contribution in [1.29, 1.82) is 0 Å². The number of rotatable bonds is 1. The highest BCUT2D eigenvalue weighted by Crippen LogP contribution is 2.38. The zero-order valence-electron chi connectivity index (χ0n) is 9.90. The Labute approximate surface area is 100 Å². The second-order valence-electron chi connectivity index (χ2n) is 4.82. The first-order valence-electron chi connectivity index (χ1n) is 6.06. The van der Waals surface area contributed by atoms with Crippen molar-refractivity contribution in [1.82, 2.24) is 4.98 Å². The van der Waals surface area contributed by atoms with Crippen LogP contribution in [0, 0.1) is 6.92 Å². The summed E-state index contributed by atoms with van der Waals surface area (Å²) in [6.07, 6.45) is 2.89. The van der Waals surface area contributed by atoms with Gasteiger partial charge in [-0.1, -0.05) is 23.4 Å². The predicted molar refractivity (Wildman–Crippen MR) is 68.8 cm³/mol. The molecule has 0 aliphatic heterocycles. The zero-order chi connectivity index (χ0) is 11.8. The summed E-state index contributed by atoms with van der Waals surface area (Å²) >= 11 is 0. The fourth-order valence-corrected chi connectivity index (χ4v) is 2.99. The number of fused-ring (bicyclic) bond motifs is 1. The fourth-order valence-electron chi connectivity index (χ4n) is 2.99. The van der Waals surface area contributed by atoms with Crippen LogP contribution in [0.3, 0.4) is 0 Å². The summed E-state index contributed by atoms with van der Waals surface area (Å²) in [5, 5.41) is 13.5. The van der Waals surface area contributed by atoms with E-state index in [9.17, 15) is 0 Å². The Hall–Kier alpha value is -1.77. The number of hydrogen-bond donors (Lipinski definition) is 2. The molecule has 2 N–H and O–H groups in total. The van der Waals surface area contributed by atoms with Crippen molar-refractivity contribution in [3.8, 4) is 0 Å². The molecular formula is C14H16N2O. The number of nitrogens with one attached hydrogen (secondary N) is 1. The molecule has 0 radical (unpaired) electrons. The van der Waals surface area contributed by atoms with Crippen LogP contribution in [0.4, 0.5) is 0 Å². The Morgan fingerprint density at radius 3 is 2.94 bits per heavy atom. The number of aromatic amines is 1. The van der Waals surface area contributed by atoms with E-state index in [2.05, 4.69) is 41.3 Å². The van der Waals surface area contributed by atoms with Crippen molar-refractivity contribution < 1.29 is 5.21 Å². The Bertz CT molecular complexity index is 583. The SMILES string of the molecule is Cc1[nH]c2ccccc2c1[C@@H]1CC/C(=N\O)C1. The predicted octanol–water partition coefficient (Wildman–Crippen LogP) is 3.57. The van der Waals surface area contributed by atoms with Gasteiger partial charge in [0.1, 0.15) is 0 Å². The molecule has 3 heteroatoms. The van der Waals surface area contributed by atoms with Gasteiger partial charge in [0.05, 0.1) is 5.71 Å². The van der Waals surface area contributed by atoms with Gasteiger partial charge >= 0.3 is 0 Å². The number of aryl methyl sites for hydroxylation is 1. The maximum Gasteiger partial charge on any atom is 0.0577 e. The minimum atomic E-state index is 0.497. The molecule has 2 aromatic rings. The van der Waals surface area contributed by atoms with Crippen molar-refractivity contribution in [2.24, 2.45) is 5.16 Å². The van der Waals surface area contributed by atoms with Crippen LogP contribution in [0.1, 0.15) is 36.4 Å². The molecular weight excluding hydrogens is 212 g/mol. The number of para-hydroxylation sites is 1. The van der Waals surface area contributed by atoms with E-state index in [4.69, 9.17) is 5.21 Å². The lowest BCUT2D eigenvalue weighted by Gasteiger charge is -2.08. The van der Waals surface area contributed by atoms with Gasteiger partial charge in [-0.3, -0.25) is 0 Å². The van der Waals surface area contributed by atoms with Gasteiger partial charge in [0.2, 0.25) is 0 Å². The van der Waals surface area contributed by atoms with E-state index in [1.165, 1.54) is 22.2 Å². The molecule has 1 heterocycles. The number of aromatic nitrogens is 1. The second-order valence-corrected chi connectivity index (χ2v) is 4.82. The molecule has 1 aromatic carbocycles. The molecule has 0 unspecified atom stereocenters. The molecule has 1 saturated carbocycles. The number of hydrogen-bond acceptors (Lipinski definition) is 2. The van der Waals surface area contributed by atoms with Crippen molar-refractivity contribution >= 4 is 16.6 Å². The van der Waals surface area contributed by atoms with Gasteiger partial charge in [-0.15, -0.1) is 0 Å². The third-order valence-electron chi connectivity index (χ3n) is 3.76. The first-order chi connectivity index (χ1) is 8.29. The maximum absolute atomic E-state index is 8.84. The third kappa shape index (κ3) is 1.62. The smallest absolute Gasteiger partial charge is 0.0577 e. The van der Waals surface area contributed by atoms with Crippen LogP contribution in [-0.2, 0) is 0 Å². The minimum absolute atomic E-state index is 0.497. The lowest BCUT2D eigenvalue weighted by atomic mass is 9.95. The molecule has 1 aromatic heterocycles. The summed E-state index contributed by atoms with van der Waals surface area (Å²) in [6, 6.07) is 8.41. The largest absolute Gasteiger partial charge is 0.411 e.